The molecule has 1 saturated carbocycles. The van der Waals surface area contributed by atoms with Gasteiger partial charge in [0, 0.05) is 10.0 Å². The molecule has 1 aromatic rings. The van der Waals surface area contributed by atoms with E-state index in [9.17, 15) is 9.18 Å². The van der Waals surface area contributed by atoms with Crippen molar-refractivity contribution in [1.82, 2.24) is 0 Å². The van der Waals surface area contributed by atoms with Gasteiger partial charge in [-0.3, -0.25) is 0 Å². The molecule has 0 spiro atoms. The highest BCUT2D eigenvalue weighted by Gasteiger charge is 2.48. The second kappa shape index (κ2) is 4.24. The van der Waals surface area contributed by atoms with Gasteiger partial charge in [0.05, 0.1) is 7.11 Å². The minimum Gasteiger partial charge on any atom is -0.493 e. The number of aliphatic imine (C=N–C) groups is 1. The van der Waals surface area contributed by atoms with Gasteiger partial charge in [0.2, 0.25) is 6.08 Å². The van der Waals surface area contributed by atoms with E-state index in [0.717, 1.165) is 18.4 Å². The summed E-state index contributed by atoms with van der Waals surface area (Å²) in [6.07, 6.45) is 3.00. The fraction of sp³-hybridized carbons (Fsp3) is 0.417. The molecule has 1 aliphatic rings. The highest BCUT2D eigenvalue weighted by atomic mass is 79.9. The summed E-state index contributed by atoms with van der Waals surface area (Å²) >= 11 is 3.30. The Morgan fingerprint density at radius 3 is 2.71 bits per heavy atom. The Labute approximate surface area is 107 Å². The van der Waals surface area contributed by atoms with E-state index in [1.165, 1.54) is 13.2 Å². The summed E-state index contributed by atoms with van der Waals surface area (Å²) in [6, 6.07) is 1.36. The Bertz CT molecular complexity index is 520. The molecule has 0 amide bonds. The lowest BCUT2D eigenvalue weighted by Gasteiger charge is -2.18. The van der Waals surface area contributed by atoms with Crippen LogP contribution in [0, 0.1) is 12.7 Å². The lowest BCUT2D eigenvalue weighted by atomic mass is 9.98. The number of carbonyl (C=O) groups excluding carboxylic acids is 1. The highest BCUT2D eigenvalue weighted by molar-refractivity contribution is 9.10. The van der Waals surface area contributed by atoms with Crippen molar-refractivity contribution in [2.75, 3.05) is 7.11 Å². The Morgan fingerprint density at radius 2 is 2.24 bits per heavy atom. The highest BCUT2D eigenvalue weighted by Crippen LogP contribution is 2.54. The molecule has 0 bridgehead atoms. The molecule has 1 aliphatic carbocycles. The maximum atomic E-state index is 13.8. The van der Waals surface area contributed by atoms with Gasteiger partial charge in [-0.05, 0) is 31.4 Å². The van der Waals surface area contributed by atoms with Crippen LogP contribution in [0.5, 0.6) is 5.75 Å². The van der Waals surface area contributed by atoms with E-state index < -0.39 is 11.4 Å². The SMILES string of the molecule is COc1c(F)cc(Br)c(C)c1C1(N=C=O)CC1. The number of hydrogen-bond acceptors (Lipinski definition) is 3. The average Bonchev–Trinajstić information content (AvgIpc) is 3.04. The van der Waals surface area contributed by atoms with Gasteiger partial charge in [-0.2, -0.15) is 4.99 Å². The Kier molecular flexibility index (Phi) is 3.06. The molecule has 5 heteroatoms. The molecule has 3 nitrogen and oxygen atoms in total. The van der Waals surface area contributed by atoms with Gasteiger partial charge < -0.3 is 4.74 Å². The van der Waals surface area contributed by atoms with Gasteiger partial charge in [0.1, 0.15) is 5.54 Å². The van der Waals surface area contributed by atoms with Crippen molar-refractivity contribution in [1.29, 1.82) is 0 Å². The third-order valence-electron chi connectivity index (χ3n) is 3.08. The Hall–Kier alpha value is -1.19. The first-order valence-electron chi connectivity index (χ1n) is 5.18. The van der Waals surface area contributed by atoms with Crippen LogP contribution in [0.2, 0.25) is 0 Å². The molecule has 0 saturated heterocycles. The van der Waals surface area contributed by atoms with Crippen molar-refractivity contribution in [3.8, 4) is 5.75 Å². The first-order chi connectivity index (χ1) is 8.05. The van der Waals surface area contributed by atoms with Crippen LogP contribution in [0.25, 0.3) is 0 Å². The van der Waals surface area contributed by atoms with Gasteiger partial charge in [-0.1, -0.05) is 15.9 Å². The van der Waals surface area contributed by atoms with Crippen molar-refractivity contribution < 1.29 is 13.9 Å². The molecule has 0 aliphatic heterocycles. The van der Waals surface area contributed by atoms with E-state index in [4.69, 9.17) is 4.74 Å². The number of benzene rings is 1. The molecule has 0 aromatic heterocycles. The van der Waals surface area contributed by atoms with Gasteiger partial charge in [-0.25, -0.2) is 9.18 Å². The normalized spacial score (nSPS) is 16.2. The van der Waals surface area contributed by atoms with E-state index >= 15 is 0 Å². The summed E-state index contributed by atoms with van der Waals surface area (Å²) < 4.78 is 19.5. The van der Waals surface area contributed by atoms with E-state index in [2.05, 4.69) is 20.9 Å². The lowest BCUT2D eigenvalue weighted by molar-refractivity contribution is 0.375. The van der Waals surface area contributed by atoms with Gasteiger partial charge in [0.15, 0.2) is 11.6 Å². The maximum absolute atomic E-state index is 13.8. The first-order valence-corrected chi connectivity index (χ1v) is 5.97. The molecular formula is C12H11BrFNO2. The molecule has 2 rings (SSSR count). The van der Waals surface area contributed by atoms with E-state index in [1.54, 1.807) is 6.08 Å². The predicted octanol–water partition coefficient (Wildman–Crippen LogP) is 3.23. The Balaban J connectivity index is 2.71. The second-order valence-corrected chi connectivity index (χ2v) is 4.96. The van der Waals surface area contributed by atoms with Crippen molar-refractivity contribution in [3.05, 3.63) is 27.5 Å². The van der Waals surface area contributed by atoms with Gasteiger partial charge in [-0.15, -0.1) is 0 Å². The monoisotopic (exact) mass is 299 g/mol. The molecule has 1 fully saturated rings. The minimum atomic E-state index is -0.637. The zero-order valence-electron chi connectivity index (χ0n) is 9.51. The minimum absolute atomic E-state index is 0.169. The average molecular weight is 300 g/mol. The number of nitrogens with zero attached hydrogens (tertiary/aromatic N) is 1. The zero-order chi connectivity index (χ0) is 12.6. The molecule has 90 valence electrons. The van der Waals surface area contributed by atoms with Crippen LogP contribution >= 0.6 is 15.9 Å². The number of rotatable bonds is 3. The third-order valence-corrected chi connectivity index (χ3v) is 3.91. The summed E-state index contributed by atoms with van der Waals surface area (Å²) in [7, 11) is 1.41. The third kappa shape index (κ3) is 1.90. The largest absolute Gasteiger partial charge is 0.493 e. The molecule has 1 aromatic carbocycles. The molecule has 17 heavy (non-hydrogen) atoms. The Morgan fingerprint density at radius 1 is 1.59 bits per heavy atom. The van der Waals surface area contributed by atoms with Gasteiger partial charge in [0.25, 0.3) is 0 Å². The summed E-state index contributed by atoms with van der Waals surface area (Å²) in [4.78, 5) is 14.3. The van der Waals surface area contributed by atoms with Crippen molar-refractivity contribution in [2.45, 2.75) is 25.3 Å². The van der Waals surface area contributed by atoms with Crippen LogP contribution in [-0.4, -0.2) is 13.2 Å². The van der Waals surface area contributed by atoms with Crippen molar-refractivity contribution >= 4 is 22.0 Å². The lowest BCUT2D eigenvalue weighted by Crippen LogP contribution is -2.10. The van der Waals surface area contributed by atoms with Crippen molar-refractivity contribution in [2.24, 2.45) is 4.99 Å². The molecule has 0 heterocycles. The summed E-state index contributed by atoms with van der Waals surface area (Å²) in [5.41, 5.74) is 0.858. The quantitative estimate of drug-likeness (QED) is 0.635. The van der Waals surface area contributed by atoms with E-state index in [1.807, 2.05) is 6.92 Å². The maximum Gasteiger partial charge on any atom is 0.235 e. The molecule has 0 atom stereocenters. The number of isocyanates is 1. The fourth-order valence-electron chi connectivity index (χ4n) is 2.08. The number of halogens is 2. The number of hydrogen-bond donors (Lipinski definition) is 0. The van der Waals surface area contributed by atoms with Crippen LogP contribution < -0.4 is 4.74 Å². The van der Waals surface area contributed by atoms with Crippen LogP contribution in [0.4, 0.5) is 4.39 Å². The number of methoxy groups -OCH3 is 1. The predicted molar refractivity (Wildman–Crippen MR) is 64.4 cm³/mol. The topological polar surface area (TPSA) is 38.7 Å². The standard InChI is InChI=1S/C12H11BrFNO2/c1-7-8(13)5-9(14)11(17-2)10(7)12(3-4-12)15-6-16/h5H,3-4H2,1-2H3. The molecule has 0 unspecified atom stereocenters. The molecule has 0 N–H and O–H groups in total. The summed E-state index contributed by atoms with van der Waals surface area (Å²) in [5, 5.41) is 0. The van der Waals surface area contributed by atoms with E-state index in [-0.39, 0.29) is 5.75 Å². The van der Waals surface area contributed by atoms with Crippen LogP contribution in [0.15, 0.2) is 15.5 Å². The summed E-state index contributed by atoms with van der Waals surface area (Å²) in [5.74, 6) is -0.283. The summed E-state index contributed by atoms with van der Waals surface area (Å²) in [6.45, 7) is 1.85. The molecule has 0 radical (unpaired) electrons. The second-order valence-electron chi connectivity index (χ2n) is 4.11. The fourth-order valence-corrected chi connectivity index (χ4v) is 2.48. The zero-order valence-corrected chi connectivity index (χ0v) is 11.1. The first kappa shape index (κ1) is 12.3. The van der Waals surface area contributed by atoms with Crippen molar-refractivity contribution in [3.63, 3.8) is 0 Å². The van der Waals surface area contributed by atoms with Crippen LogP contribution in [-0.2, 0) is 10.3 Å². The van der Waals surface area contributed by atoms with Gasteiger partial charge >= 0.3 is 0 Å². The van der Waals surface area contributed by atoms with Crippen LogP contribution in [0.1, 0.15) is 24.0 Å². The van der Waals surface area contributed by atoms with Crippen LogP contribution in [0.3, 0.4) is 0 Å². The number of ether oxygens (including phenoxy) is 1. The smallest absolute Gasteiger partial charge is 0.235 e. The molecular weight excluding hydrogens is 289 g/mol. The van der Waals surface area contributed by atoms with E-state index in [0.29, 0.717) is 10.0 Å².